The monoisotopic (exact) mass is 226 g/mol. The molecule has 2 heterocycles. The summed E-state index contributed by atoms with van der Waals surface area (Å²) in [6.07, 6.45) is 8.54. The summed E-state index contributed by atoms with van der Waals surface area (Å²) in [4.78, 5) is 13.1. The molecule has 2 N–H and O–H groups in total. The molecule has 1 aliphatic rings. The van der Waals surface area contributed by atoms with Gasteiger partial charge in [-0.2, -0.15) is 0 Å². The van der Waals surface area contributed by atoms with Crippen molar-refractivity contribution < 1.29 is 0 Å². The molecule has 1 aliphatic carbocycles. The molecule has 4 heteroatoms. The van der Waals surface area contributed by atoms with Crippen LogP contribution in [0.15, 0.2) is 30.7 Å². The van der Waals surface area contributed by atoms with Crippen LogP contribution in [-0.4, -0.2) is 15.0 Å². The average molecular weight is 226 g/mol. The van der Waals surface area contributed by atoms with Gasteiger partial charge in [-0.05, 0) is 31.4 Å². The van der Waals surface area contributed by atoms with Gasteiger partial charge in [-0.3, -0.25) is 4.98 Å². The molecule has 17 heavy (non-hydrogen) atoms. The van der Waals surface area contributed by atoms with Crippen LogP contribution in [-0.2, 0) is 6.42 Å². The van der Waals surface area contributed by atoms with Gasteiger partial charge in [0.25, 0.3) is 0 Å². The standard InChI is InChI=1S/C13H14N4/c14-11-4-1-5-12-10(11)8-16-13(17-12)9-3-2-6-15-7-9/h2-3,6-8,11H,1,4-5,14H2/t11-/m0/s1. The molecule has 3 rings (SSSR count). The predicted molar refractivity (Wildman–Crippen MR) is 65.1 cm³/mol. The molecular weight excluding hydrogens is 212 g/mol. The quantitative estimate of drug-likeness (QED) is 0.806. The molecule has 2 aromatic heterocycles. The minimum atomic E-state index is 0.0988. The zero-order valence-electron chi connectivity index (χ0n) is 9.50. The number of fused-ring (bicyclic) bond motifs is 1. The number of hydrogen-bond donors (Lipinski definition) is 1. The van der Waals surface area contributed by atoms with Crippen LogP contribution in [0.25, 0.3) is 11.4 Å². The third-order valence-corrected chi connectivity index (χ3v) is 3.15. The number of aromatic nitrogens is 3. The maximum absolute atomic E-state index is 6.04. The van der Waals surface area contributed by atoms with Crippen molar-refractivity contribution in [2.75, 3.05) is 0 Å². The zero-order chi connectivity index (χ0) is 11.7. The molecular formula is C13H14N4. The van der Waals surface area contributed by atoms with Gasteiger partial charge in [-0.15, -0.1) is 0 Å². The van der Waals surface area contributed by atoms with Crippen LogP contribution in [0.4, 0.5) is 0 Å². The lowest BCUT2D eigenvalue weighted by molar-refractivity contribution is 0.557. The predicted octanol–water partition coefficient (Wildman–Crippen LogP) is 1.87. The summed E-state index contributed by atoms with van der Waals surface area (Å²) in [5, 5.41) is 0. The average Bonchev–Trinajstić information content (AvgIpc) is 2.40. The van der Waals surface area contributed by atoms with Gasteiger partial charge in [0.2, 0.25) is 0 Å². The van der Waals surface area contributed by atoms with Crippen LogP contribution in [0.2, 0.25) is 0 Å². The molecule has 0 bridgehead atoms. The molecule has 0 saturated heterocycles. The van der Waals surface area contributed by atoms with Crippen molar-refractivity contribution in [2.24, 2.45) is 5.73 Å². The molecule has 0 unspecified atom stereocenters. The molecule has 0 aromatic carbocycles. The van der Waals surface area contributed by atoms with Gasteiger partial charge in [0, 0.05) is 41.5 Å². The first kappa shape index (κ1) is 10.4. The minimum Gasteiger partial charge on any atom is -0.324 e. The Morgan fingerprint density at radius 3 is 3.06 bits per heavy atom. The van der Waals surface area contributed by atoms with Crippen molar-refractivity contribution in [1.29, 1.82) is 0 Å². The molecule has 0 saturated carbocycles. The Bertz CT molecular complexity index is 524. The molecule has 0 aliphatic heterocycles. The van der Waals surface area contributed by atoms with Crippen LogP contribution >= 0.6 is 0 Å². The lowest BCUT2D eigenvalue weighted by atomic mass is 9.93. The second kappa shape index (κ2) is 4.22. The fraction of sp³-hybridized carbons (Fsp3) is 0.308. The van der Waals surface area contributed by atoms with Crippen LogP contribution in [0, 0.1) is 0 Å². The van der Waals surface area contributed by atoms with E-state index >= 15 is 0 Å². The highest BCUT2D eigenvalue weighted by Crippen LogP contribution is 2.27. The Balaban J connectivity index is 2.04. The molecule has 0 radical (unpaired) electrons. The van der Waals surface area contributed by atoms with E-state index in [0.717, 1.165) is 41.9 Å². The number of nitrogens with zero attached hydrogens (tertiary/aromatic N) is 3. The molecule has 4 nitrogen and oxygen atoms in total. The first-order chi connectivity index (χ1) is 8.34. The summed E-state index contributed by atoms with van der Waals surface area (Å²) in [6, 6.07) is 3.96. The van der Waals surface area contributed by atoms with E-state index in [1.54, 1.807) is 12.4 Å². The lowest BCUT2D eigenvalue weighted by Crippen LogP contribution is -2.19. The van der Waals surface area contributed by atoms with Gasteiger partial charge >= 0.3 is 0 Å². The zero-order valence-corrected chi connectivity index (χ0v) is 9.50. The van der Waals surface area contributed by atoms with E-state index in [4.69, 9.17) is 5.73 Å². The van der Waals surface area contributed by atoms with Crippen molar-refractivity contribution in [2.45, 2.75) is 25.3 Å². The molecule has 1 atom stereocenters. The van der Waals surface area contributed by atoms with Crippen molar-refractivity contribution in [3.05, 3.63) is 42.0 Å². The van der Waals surface area contributed by atoms with Gasteiger partial charge in [0.05, 0.1) is 0 Å². The van der Waals surface area contributed by atoms with E-state index in [1.165, 1.54) is 0 Å². The summed E-state index contributed by atoms with van der Waals surface area (Å²) in [7, 11) is 0. The van der Waals surface area contributed by atoms with Gasteiger partial charge in [0.15, 0.2) is 5.82 Å². The summed E-state index contributed by atoms with van der Waals surface area (Å²) in [6.45, 7) is 0. The number of rotatable bonds is 1. The molecule has 0 spiro atoms. The van der Waals surface area contributed by atoms with Crippen LogP contribution in [0.1, 0.15) is 30.1 Å². The van der Waals surface area contributed by atoms with Crippen LogP contribution < -0.4 is 5.73 Å². The van der Waals surface area contributed by atoms with Crippen molar-refractivity contribution in [1.82, 2.24) is 15.0 Å². The largest absolute Gasteiger partial charge is 0.324 e. The number of pyridine rings is 1. The fourth-order valence-electron chi connectivity index (χ4n) is 2.22. The second-order valence-corrected chi connectivity index (χ2v) is 4.34. The molecule has 86 valence electrons. The topological polar surface area (TPSA) is 64.7 Å². The van der Waals surface area contributed by atoms with Crippen molar-refractivity contribution in [3.8, 4) is 11.4 Å². The summed E-state index contributed by atoms with van der Waals surface area (Å²) < 4.78 is 0. The van der Waals surface area contributed by atoms with Gasteiger partial charge < -0.3 is 5.73 Å². The molecule has 0 amide bonds. The fourth-order valence-corrected chi connectivity index (χ4v) is 2.22. The Morgan fingerprint density at radius 2 is 2.24 bits per heavy atom. The van der Waals surface area contributed by atoms with E-state index in [2.05, 4.69) is 15.0 Å². The van der Waals surface area contributed by atoms with Gasteiger partial charge in [-0.1, -0.05) is 0 Å². The normalized spacial score (nSPS) is 18.8. The minimum absolute atomic E-state index is 0.0988. The van der Waals surface area contributed by atoms with E-state index in [0.29, 0.717) is 0 Å². The van der Waals surface area contributed by atoms with E-state index in [1.807, 2.05) is 18.3 Å². The Morgan fingerprint density at radius 1 is 1.29 bits per heavy atom. The molecule has 0 fully saturated rings. The number of nitrogens with two attached hydrogens (primary N) is 1. The van der Waals surface area contributed by atoms with E-state index in [-0.39, 0.29) is 6.04 Å². The highest BCUT2D eigenvalue weighted by molar-refractivity contribution is 5.53. The molecule has 2 aromatic rings. The van der Waals surface area contributed by atoms with E-state index in [9.17, 15) is 0 Å². The van der Waals surface area contributed by atoms with Crippen molar-refractivity contribution >= 4 is 0 Å². The first-order valence-corrected chi connectivity index (χ1v) is 5.86. The number of aryl methyl sites for hydroxylation is 1. The summed E-state index contributed by atoms with van der Waals surface area (Å²) in [5.41, 5.74) is 9.19. The second-order valence-electron chi connectivity index (χ2n) is 4.34. The highest BCUT2D eigenvalue weighted by Gasteiger charge is 2.19. The third-order valence-electron chi connectivity index (χ3n) is 3.15. The van der Waals surface area contributed by atoms with Gasteiger partial charge in [-0.25, -0.2) is 9.97 Å². The third kappa shape index (κ3) is 1.91. The van der Waals surface area contributed by atoms with Crippen molar-refractivity contribution in [3.63, 3.8) is 0 Å². The Labute approximate surface area is 99.9 Å². The van der Waals surface area contributed by atoms with Gasteiger partial charge in [0.1, 0.15) is 0 Å². The number of hydrogen-bond acceptors (Lipinski definition) is 4. The summed E-state index contributed by atoms with van der Waals surface area (Å²) >= 11 is 0. The smallest absolute Gasteiger partial charge is 0.160 e. The van der Waals surface area contributed by atoms with Crippen LogP contribution in [0.5, 0.6) is 0 Å². The van der Waals surface area contributed by atoms with Crippen LogP contribution in [0.3, 0.4) is 0 Å². The highest BCUT2D eigenvalue weighted by atomic mass is 14.9. The SMILES string of the molecule is N[C@H]1CCCc2nc(-c3cccnc3)ncc21. The summed E-state index contributed by atoms with van der Waals surface area (Å²) in [5.74, 6) is 0.742. The lowest BCUT2D eigenvalue weighted by Gasteiger charge is -2.20. The van der Waals surface area contributed by atoms with E-state index < -0.39 is 0 Å². The first-order valence-electron chi connectivity index (χ1n) is 5.86. The maximum Gasteiger partial charge on any atom is 0.160 e. The Hall–Kier alpha value is -1.81. The maximum atomic E-state index is 6.04. The Kier molecular flexibility index (Phi) is 2.57.